The second-order valence-electron chi connectivity index (χ2n) is 12.8. The largest absolute Gasteiger partial charge is 0.493 e. The molecule has 51 heavy (non-hydrogen) atoms. The molecule has 0 radical (unpaired) electrons. The van der Waals surface area contributed by atoms with Gasteiger partial charge in [-0.25, -0.2) is 14.2 Å². The number of ether oxygens (including phenoxy) is 3. The summed E-state index contributed by atoms with van der Waals surface area (Å²) < 4.78 is 75.0. The molecule has 9 nitrogen and oxygen atoms in total. The third kappa shape index (κ3) is 9.08. The molecule has 0 bridgehead atoms. The third-order valence-corrected chi connectivity index (χ3v) is 8.64. The van der Waals surface area contributed by atoms with Gasteiger partial charge in [-0.15, -0.1) is 0 Å². The Kier molecular flexibility index (Phi) is 11.1. The number of aromatic nitrogens is 1. The van der Waals surface area contributed by atoms with Crippen LogP contribution in [0.15, 0.2) is 78.9 Å². The molecule has 3 N–H and O–H groups in total. The van der Waals surface area contributed by atoms with E-state index in [2.05, 4.69) is 15.6 Å². The number of nitrogens with one attached hydrogen (secondary N) is 2. The van der Waals surface area contributed by atoms with E-state index in [4.69, 9.17) is 25.8 Å². The van der Waals surface area contributed by atoms with E-state index in [1.54, 1.807) is 38.1 Å². The molecule has 3 aromatic carbocycles. The number of aliphatic hydroxyl groups is 1. The fraction of sp³-hybridized carbons (Fsp3) is 0.324. The van der Waals surface area contributed by atoms with Gasteiger partial charge in [0.05, 0.1) is 36.2 Å². The van der Waals surface area contributed by atoms with E-state index in [1.807, 2.05) is 6.07 Å². The Morgan fingerprint density at radius 3 is 2.31 bits per heavy atom. The van der Waals surface area contributed by atoms with Crippen LogP contribution in [0.3, 0.4) is 0 Å². The summed E-state index contributed by atoms with van der Waals surface area (Å²) >= 11 is 6.00. The molecule has 1 fully saturated rings. The maximum absolute atomic E-state index is 14.9. The highest BCUT2D eigenvalue weighted by Gasteiger charge is 2.56. The van der Waals surface area contributed by atoms with Crippen LogP contribution in [-0.4, -0.2) is 54.6 Å². The fourth-order valence-corrected chi connectivity index (χ4v) is 5.20. The zero-order valence-electron chi connectivity index (χ0n) is 27.9. The molecular formula is C37H36ClF4N3O6. The number of hydrogen-bond donors (Lipinski definition) is 3. The maximum atomic E-state index is 14.9. The van der Waals surface area contributed by atoms with E-state index in [0.29, 0.717) is 5.75 Å². The van der Waals surface area contributed by atoms with Crippen molar-refractivity contribution in [1.29, 1.82) is 0 Å². The lowest BCUT2D eigenvalue weighted by molar-refractivity contribution is -0.265. The molecule has 2 amide bonds. The van der Waals surface area contributed by atoms with Crippen molar-refractivity contribution in [3.63, 3.8) is 0 Å². The summed E-state index contributed by atoms with van der Waals surface area (Å²) in [7, 11) is 1.37. The highest BCUT2D eigenvalue weighted by molar-refractivity contribution is 6.31. The van der Waals surface area contributed by atoms with Crippen LogP contribution in [0.25, 0.3) is 11.3 Å². The summed E-state index contributed by atoms with van der Waals surface area (Å²) in [6.45, 7) is 1.89. The van der Waals surface area contributed by atoms with Crippen LogP contribution >= 0.6 is 11.6 Å². The highest BCUT2D eigenvalue weighted by Crippen LogP contribution is 2.41. The molecule has 1 aromatic heterocycles. The Balaban J connectivity index is 1.44. The van der Waals surface area contributed by atoms with Crippen LogP contribution in [0, 0.1) is 5.82 Å². The Morgan fingerprint density at radius 2 is 1.67 bits per heavy atom. The van der Waals surface area contributed by atoms with Gasteiger partial charge in [-0.05, 0) is 72.5 Å². The number of pyridine rings is 1. The lowest BCUT2D eigenvalue weighted by Crippen LogP contribution is -2.51. The van der Waals surface area contributed by atoms with Gasteiger partial charge in [0.2, 0.25) is 5.60 Å². The monoisotopic (exact) mass is 729 g/mol. The van der Waals surface area contributed by atoms with Gasteiger partial charge in [-0.1, -0.05) is 55.8 Å². The number of nitrogens with zero attached hydrogens (tertiary/aromatic N) is 1. The molecule has 1 aliphatic rings. The fourth-order valence-electron chi connectivity index (χ4n) is 5.02. The molecule has 0 spiro atoms. The predicted octanol–water partition coefficient (Wildman–Crippen LogP) is 7.47. The Bertz CT molecular complexity index is 1890. The first-order valence-electron chi connectivity index (χ1n) is 15.9. The van der Waals surface area contributed by atoms with Crippen molar-refractivity contribution in [3.8, 4) is 22.8 Å². The lowest BCUT2D eigenvalue weighted by atomic mass is 9.82. The van der Waals surface area contributed by atoms with E-state index in [0.717, 1.165) is 30.5 Å². The highest BCUT2D eigenvalue weighted by atomic mass is 35.5. The Morgan fingerprint density at radius 1 is 0.941 bits per heavy atom. The van der Waals surface area contributed by atoms with Crippen LogP contribution in [0.1, 0.15) is 53.9 Å². The van der Waals surface area contributed by atoms with E-state index < -0.39 is 47.2 Å². The van der Waals surface area contributed by atoms with Gasteiger partial charge >= 0.3 is 12.3 Å². The first-order valence-corrected chi connectivity index (χ1v) is 16.3. The minimum absolute atomic E-state index is 0.00250. The molecular weight excluding hydrogens is 694 g/mol. The first-order chi connectivity index (χ1) is 24.1. The molecule has 5 rings (SSSR count). The number of alkyl carbamates (subject to hydrolysis) is 1. The van der Waals surface area contributed by atoms with Gasteiger partial charge in [-0.2, -0.15) is 13.2 Å². The number of carbonyl (C=O) groups excluding carboxylic acids is 2. The number of methoxy groups -OCH3 is 1. The van der Waals surface area contributed by atoms with Crippen LogP contribution in [-0.2, 0) is 22.4 Å². The number of rotatable bonds is 13. The summed E-state index contributed by atoms with van der Waals surface area (Å²) in [5, 5.41) is 15.9. The molecule has 4 aromatic rings. The Hall–Kier alpha value is -4.88. The number of alkyl halides is 3. The van der Waals surface area contributed by atoms with Crippen molar-refractivity contribution in [2.75, 3.05) is 20.2 Å². The van der Waals surface area contributed by atoms with E-state index in [1.165, 1.54) is 43.5 Å². The molecule has 270 valence electrons. The van der Waals surface area contributed by atoms with E-state index in [9.17, 15) is 32.3 Å². The second-order valence-corrected chi connectivity index (χ2v) is 13.2. The number of hydrogen-bond acceptors (Lipinski definition) is 7. The topological polar surface area (TPSA) is 119 Å². The second kappa shape index (κ2) is 15.2. The molecule has 14 heteroatoms. The van der Waals surface area contributed by atoms with Gasteiger partial charge < -0.3 is 30.0 Å². The summed E-state index contributed by atoms with van der Waals surface area (Å²) in [6.07, 6.45) is -4.31. The van der Waals surface area contributed by atoms with Crippen molar-refractivity contribution in [1.82, 2.24) is 15.6 Å². The molecule has 1 unspecified atom stereocenters. The lowest BCUT2D eigenvalue weighted by Gasteiger charge is -2.33. The van der Waals surface area contributed by atoms with E-state index in [-0.39, 0.29) is 52.4 Å². The quantitative estimate of drug-likeness (QED) is 0.122. The van der Waals surface area contributed by atoms with Crippen LogP contribution < -0.4 is 20.1 Å². The van der Waals surface area contributed by atoms with Crippen molar-refractivity contribution in [3.05, 3.63) is 112 Å². The molecule has 1 atom stereocenters. The zero-order valence-corrected chi connectivity index (χ0v) is 28.7. The van der Waals surface area contributed by atoms with Gasteiger partial charge in [0.25, 0.3) is 5.91 Å². The van der Waals surface area contributed by atoms with Crippen molar-refractivity contribution < 1.29 is 46.5 Å². The number of halogens is 5. The summed E-state index contributed by atoms with van der Waals surface area (Å²) in [5.74, 6) is -1.07. The van der Waals surface area contributed by atoms with Gasteiger partial charge in [0.1, 0.15) is 12.4 Å². The zero-order chi connectivity index (χ0) is 37.0. The predicted molar refractivity (Wildman–Crippen MR) is 181 cm³/mol. The van der Waals surface area contributed by atoms with Gasteiger partial charge in [-0.3, -0.25) is 4.79 Å². The van der Waals surface area contributed by atoms with Crippen molar-refractivity contribution >= 4 is 23.6 Å². The Labute approximate surface area is 296 Å². The van der Waals surface area contributed by atoms with Crippen LogP contribution in [0.5, 0.6) is 11.5 Å². The molecule has 1 heterocycles. The van der Waals surface area contributed by atoms with E-state index >= 15 is 0 Å². The molecule has 0 saturated heterocycles. The average molecular weight is 730 g/mol. The minimum Gasteiger partial charge on any atom is -0.493 e. The smallest absolute Gasteiger partial charge is 0.424 e. The molecule has 1 aliphatic carbocycles. The normalized spacial score (nSPS) is 14.3. The molecule has 1 saturated carbocycles. The SMILES string of the molecule is COc1cc(C(=O)NCC(O)(c2cc(C(C)(C)CNC(=O)OCc3ccccc3)cc(-c3ccc(F)c(Cl)c3)n2)C(F)(F)F)ccc1OC1CC1. The summed E-state index contributed by atoms with van der Waals surface area (Å²) in [5.41, 5.74) is -4.60. The standard InChI is InChI=1S/C37H36ClF4N3O6/c1-35(2,20-44-34(47)50-19-22-7-5-4-6-8-22)25-17-29(23-9-13-28(39)27(38)15-23)45-32(18-25)36(48,37(40,41)42)21-43-33(46)24-10-14-30(31(16-24)49-3)51-26-11-12-26/h4-10,13-18,26,48H,11-12,19-21H2,1-3H3,(H,43,46)(H,44,47). The number of amides is 2. The average Bonchev–Trinajstić information content (AvgIpc) is 3.94. The number of benzene rings is 3. The van der Waals surface area contributed by atoms with Crippen molar-refractivity contribution in [2.24, 2.45) is 0 Å². The summed E-state index contributed by atoms with van der Waals surface area (Å²) in [6, 6.07) is 19.2. The summed E-state index contributed by atoms with van der Waals surface area (Å²) in [4.78, 5) is 29.8. The van der Waals surface area contributed by atoms with Crippen LogP contribution in [0.4, 0.5) is 22.4 Å². The van der Waals surface area contributed by atoms with Gasteiger partial charge in [0.15, 0.2) is 11.5 Å². The van der Waals surface area contributed by atoms with Gasteiger partial charge in [0, 0.05) is 23.1 Å². The number of carbonyl (C=O) groups is 2. The molecule has 0 aliphatic heterocycles. The third-order valence-electron chi connectivity index (χ3n) is 8.35. The minimum atomic E-state index is -5.34. The maximum Gasteiger partial charge on any atom is 0.424 e. The van der Waals surface area contributed by atoms with Crippen LogP contribution in [0.2, 0.25) is 5.02 Å². The first kappa shape index (κ1) is 37.4. The van der Waals surface area contributed by atoms with Crippen molar-refractivity contribution in [2.45, 2.75) is 56.6 Å².